The highest BCUT2D eigenvalue weighted by Crippen LogP contribution is 2.19. The Morgan fingerprint density at radius 1 is 0.700 bits per heavy atom. The minimum Gasteiger partial charge on any atom is -0.317 e. The number of nitrogens with one attached hydrogen (secondary N) is 1. The van der Waals surface area contributed by atoms with E-state index >= 15 is 0 Å². The summed E-state index contributed by atoms with van der Waals surface area (Å²) in [5.41, 5.74) is 0. The predicted molar refractivity (Wildman–Crippen MR) is 93.3 cm³/mol. The van der Waals surface area contributed by atoms with Crippen LogP contribution in [0, 0.1) is 11.8 Å². The number of rotatable bonds is 14. The van der Waals surface area contributed by atoms with Crippen LogP contribution in [0.2, 0.25) is 0 Å². The fraction of sp³-hybridized carbons (Fsp3) is 1.00. The molecule has 0 radical (unpaired) electrons. The molecule has 0 rings (SSSR count). The van der Waals surface area contributed by atoms with Crippen LogP contribution < -0.4 is 5.32 Å². The molecule has 1 nitrogen and oxygen atoms in total. The maximum Gasteiger partial charge on any atom is 0.00921 e. The molecular formula is C19H41N. The standard InChI is InChI=1S/C19H41N/c1-6-7-8-9-10-11-12-13-14-15-16-19(20-5)18(4)17(2)3/h17-20H,6-16H2,1-5H3. The van der Waals surface area contributed by atoms with Crippen molar-refractivity contribution in [3.8, 4) is 0 Å². The van der Waals surface area contributed by atoms with Gasteiger partial charge in [0.25, 0.3) is 0 Å². The van der Waals surface area contributed by atoms with E-state index in [0.29, 0.717) is 6.04 Å². The second-order valence-electron chi connectivity index (χ2n) is 6.97. The Hall–Kier alpha value is -0.0400. The zero-order valence-corrected chi connectivity index (χ0v) is 15.0. The smallest absolute Gasteiger partial charge is 0.00921 e. The van der Waals surface area contributed by atoms with Gasteiger partial charge in [0.15, 0.2) is 0 Å². The van der Waals surface area contributed by atoms with E-state index in [1.54, 1.807) is 0 Å². The summed E-state index contributed by atoms with van der Waals surface area (Å²) in [5.74, 6) is 1.58. The maximum atomic E-state index is 3.51. The van der Waals surface area contributed by atoms with E-state index in [1.807, 2.05) is 0 Å². The lowest BCUT2D eigenvalue weighted by Crippen LogP contribution is -2.34. The Morgan fingerprint density at radius 3 is 1.55 bits per heavy atom. The van der Waals surface area contributed by atoms with E-state index < -0.39 is 0 Å². The van der Waals surface area contributed by atoms with E-state index in [-0.39, 0.29) is 0 Å². The van der Waals surface area contributed by atoms with Gasteiger partial charge in [0, 0.05) is 6.04 Å². The molecule has 0 fully saturated rings. The van der Waals surface area contributed by atoms with Gasteiger partial charge in [-0.3, -0.25) is 0 Å². The zero-order valence-electron chi connectivity index (χ0n) is 15.0. The Labute approximate surface area is 129 Å². The first-order chi connectivity index (χ1) is 9.63. The average molecular weight is 284 g/mol. The summed E-state index contributed by atoms with van der Waals surface area (Å²) in [6.07, 6.45) is 15.7. The van der Waals surface area contributed by atoms with Crippen molar-refractivity contribution in [3.63, 3.8) is 0 Å². The SMILES string of the molecule is CCCCCCCCCCCCC(NC)C(C)C(C)C. The van der Waals surface area contributed by atoms with Gasteiger partial charge in [-0.25, -0.2) is 0 Å². The van der Waals surface area contributed by atoms with Gasteiger partial charge in [0.2, 0.25) is 0 Å². The van der Waals surface area contributed by atoms with Crippen molar-refractivity contribution in [2.75, 3.05) is 7.05 Å². The van der Waals surface area contributed by atoms with Crippen molar-refractivity contribution in [1.82, 2.24) is 5.32 Å². The summed E-state index contributed by atoms with van der Waals surface area (Å²) >= 11 is 0. The third-order valence-electron chi connectivity index (χ3n) is 4.93. The van der Waals surface area contributed by atoms with Crippen LogP contribution in [0.3, 0.4) is 0 Å². The monoisotopic (exact) mass is 283 g/mol. The van der Waals surface area contributed by atoms with E-state index in [1.165, 1.54) is 70.6 Å². The second kappa shape index (κ2) is 13.9. The van der Waals surface area contributed by atoms with E-state index in [9.17, 15) is 0 Å². The highest BCUT2D eigenvalue weighted by Gasteiger charge is 2.17. The molecular weight excluding hydrogens is 242 g/mol. The van der Waals surface area contributed by atoms with Crippen molar-refractivity contribution in [2.45, 2.75) is 104 Å². The third kappa shape index (κ3) is 10.7. The molecule has 2 unspecified atom stereocenters. The first-order valence-corrected chi connectivity index (χ1v) is 9.30. The van der Waals surface area contributed by atoms with Crippen LogP contribution in [0.5, 0.6) is 0 Å². The number of unbranched alkanes of at least 4 members (excludes halogenated alkanes) is 9. The van der Waals surface area contributed by atoms with Gasteiger partial charge in [-0.2, -0.15) is 0 Å². The molecule has 20 heavy (non-hydrogen) atoms. The summed E-state index contributed by atoms with van der Waals surface area (Å²) in [5, 5.41) is 3.51. The lowest BCUT2D eigenvalue weighted by atomic mass is 9.87. The van der Waals surface area contributed by atoms with Gasteiger partial charge < -0.3 is 5.32 Å². The van der Waals surface area contributed by atoms with E-state index in [4.69, 9.17) is 0 Å². The quantitative estimate of drug-likeness (QED) is 0.375. The van der Waals surface area contributed by atoms with Gasteiger partial charge in [0.1, 0.15) is 0 Å². The van der Waals surface area contributed by atoms with Crippen LogP contribution in [-0.2, 0) is 0 Å². The largest absolute Gasteiger partial charge is 0.317 e. The molecule has 1 heteroatoms. The maximum absolute atomic E-state index is 3.51. The molecule has 0 amide bonds. The van der Waals surface area contributed by atoms with Crippen LogP contribution in [0.25, 0.3) is 0 Å². The molecule has 0 aliphatic heterocycles. The first kappa shape index (κ1) is 20.0. The Kier molecular flexibility index (Phi) is 13.9. The molecule has 0 aromatic rings. The molecule has 0 spiro atoms. The summed E-state index contributed by atoms with van der Waals surface area (Å²) in [6.45, 7) is 9.36. The second-order valence-corrected chi connectivity index (χ2v) is 6.97. The van der Waals surface area contributed by atoms with Crippen LogP contribution in [0.4, 0.5) is 0 Å². The molecule has 0 aliphatic rings. The Morgan fingerprint density at radius 2 is 1.15 bits per heavy atom. The fourth-order valence-corrected chi connectivity index (χ4v) is 2.99. The minimum atomic E-state index is 0.712. The molecule has 0 aliphatic carbocycles. The van der Waals surface area contributed by atoms with Crippen molar-refractivity contribution in [2.24, 2.45) is 11.8 Å². The molecule has 1 N–H and O–H groups in total. The third-order valence-corrected chi connectivity index (χ3v) is 4.93. The zero-order chi connectivity index (χ0) is 15.2. The summed E-state index contributed by atoms with van der Waals surface area (Å²) in [6, 6.07) is 0.712. The molecule has 0 aromatic carbocycles. The van der Waals surface area contributed by atoms with Crippen LogP contribution in [0.15, 0.2) is 0 Å². The highest BCUT2D eigenvalue weighted by atomic mass is 14.9. The van der Waals surface area contributed by atoms with Gasteiger partial charge in [-0.1, -0.05) is 91.9 Å². The van der Waals surface area contributed by atoms with Gasteiger partial charge in [0.05, 0.1) is 0 Å². The molecule has 0 saturated heterocycles. The van der Waals surface area contributed by atoms with E-state index in [0.717, 1.165) is 11.8 Å². The van der Waals surface area contributed by atoms with Crippen LogP contribution in [0.1, 0.15) is 98.3 Å². The molecule has 0 aromatic heterocycles. The highest BCUT2D eigenvalue weighted by molar-refractivity contribution is 4.74. The summed E-state index contributed by atoms with van der Waals surface area (Å²) in [4.78, 5) is 0. The van der Waals surface area contributed by atoms with E-state index in [2.05, 4.69) is 40.1 Å². The van der Waals surface area contributed by atoms with Crippen molar-refractivity contribution < 1.29 is 0 Å². The fourth-order valence-electron chi connectivity index (χ4n) is 2.99. The Bertz CT molecular complexity index is 188. The first-order valence-electron chi connectivity index (χ1n) is 9.30. The summed E-state index contributed by atoms with van der Waals surface area (Å²) < 4.78 is 0. The van der Waals surface area contributed by atoms with Crippen LogP contribution >= 0.6 is 0 Å². The minimum absolute atomic E-state index is 0.712. The Balaban J connectivity index is 3.38. The molecule has 122 valence electrons. The molecule has 0 heterocycles. The summed E-state index contributed by atoms with van der Waals surface area (Å²) in [7, 11) is 2.12. The van der Waals surface area contributed by atoms with Gasteiger partial charge >= 0.3 is 0 Å². The average Bonchev–Trinajstić information content (AvgIpc) is 2.44. The van der Waals surface area contributed by atoms with Gasteiger partial charge in [-0.15, -0.1) is 0 Å². The molecule has 2 atom stereocenters. The van der Waals surface area contributed by atoms with Crippen molar-refractivity contribution >= 4 is 0 Å². The lowest BCUT2D eigenvalue weighted by Gasteiger charge is -2.26. The topological polar surface area (TPSA) is 12.0 Å². The lowest BCUT2D eigenvalue weighted by molar-refractivity contribution is 0.291. The van der Waals surface area contributed by atoms with Crippen LogP contribution in [-0.4, -0.2) is 13.1 Å². The predicted octanol–water partition coefficient (Wildman–Crippen LogP) is 6.18. The van der Waals surface area contributed by atoms with Gasteiger partial charge in [-0.05, 0) is 25.3 Å². The normalized spacial score (nSPS) is 14.7. The molecule has 0 bridgehead atoms. The van der Waals surface area contributed by atoms with Crippen molar-refractivity contribution in [1.29, 1.82) is 0 Å². The molecule has 0 saturated carbocycles. The number of hydrogen-bond donors (Lipinski definition) is 1. The number of hydrogen-bond acceptors (Lipinski definition) is 1. The van der Waals surface area contributed by atoms with Crippen molar-refractivity contribution in [3.05, 3.63) is 0 Å².